The van der Waals surface area contributed by atoms with Crippen LogP contribution >= 0.6 is 0 Å². The minimum Gasteiger partial charge on any atom is -0.344 e. The molecule has 0 bridgehead atoms. The van der Waals surface area contributed by atoms with Gasteiger partial charge in [0.15, 0.2) is 0 Å². The SMILES string of the molecule is O=C(Nc1ccccc1)[C@H]1CCCN1c1ncnc2ccccc12. The van der Waals surface area contributed by atoms with E-state index in [0.717, 1.165) is 41.8 Å². The van der Waals surface area contributed by atoms with E-state index in [0.29, 0.717) is 0 Å². The Hall–Kier alpha value is -2.95. The number of fused-ring (bicyclic) bond motifs is 1. The third-order valence-corrected chi connectivity index (χ3v) is 4.39. The molecule has 0 radical (unpaired) electrons. The fraction of sp³-hybridized carbons (Fsp3) is 0.211. The Bertz CT molecular complexity index is 860. The lowest BCUT2D eigenvalue weighted by molar-refractivity contribution is -0.117. The van der Waals surface area contributed by atoms with Crippen LogP contribution in [-0.2, 0) is 4.79 Å². The highest BCUT2D eigenvalue weighted by Crippen LogP contribution is 2.29. The van der Waals surface area contributed by atoms with Gasteiger partial charge in [-0.2, -0.15) is 0 Å². The molecule has 0 aliphatic carbocycles. The molecular weight excluding hydrogens is 300 g/mol. The average molecular weight is 318 g/mol. The zero-order valence-corrected chi connectivity index (χ0v) is 13.2. The van der Waals surface area contributed by atoms with Crippen LogP contribution in [0.5, 0.6) is 0 Å². The Labute approximate surface area is 140 Å². The normalized spacial score (nSPS) is 17.2. The van der Waals surface area contributed by atoms with E-state index in [1.165, 1.54) is 0 Å². The van der Waals surface area contributed by atoms with Crippen molar-refractivity contribution in [2.45, 2.75) is 18.9 Å². The van der Waals surface area contributed by atoms with E-state index >= 15 is 0 Å². The number of hydrogen-bond donors (Lipinski definition) is 1. The maximum absolute atomic E-state index is 12.7. The molecule has 1 fully saturated rings. The summed E-state index contributed by atoms with van der Waals surface area (Å²) >= 11 is 0. The molecule has 1 amide bonds. The van der Waals surface area contributed by atoms with Crippen molar-refractivity contribution < 1.29 is 4.79 Å². The van der Waals surface area contributed by atoms with Crippen LogP contribution in [0.15, 0.2) is 60.9 Å². The van der Waals surface area contributed by atoms with Gasteiger partial charge in [0.1, 0.15) is 18.2 Å². The number of carbonyl (C=O) groups excluding carboxylic acids is 1. The molecular formula is C19H18N4O. The first-order valence-electron chi connectivity index (χ1n) is 8.15. The predicted molar refractivity (Wildman–Crippen MR) is 95.0 cm³/mol. The van der Waals surface area contributed by atoms with Gasteiger partial charge in [0.2, 0.25) is 5.91 Å². The van der Waals surface area contributed by atoms with Gasteiger partial charge >= 0.3 is 0 Å². The molecule has 3 aromatic rings. The summed E-state index contributed by atoms with van der Waals surface area (Å²) in [7, 11) is 0. The molecule has 1 aliphatic heterocycles. The summed E-state index contributed by atoms with van der Waals surface area (Å²) in [5.74, 6) is 0.854. The number of nitrogens with zero attached hydrogens (tertiary/aromatic N) is 3. The average Bonchev–Trinajstić information content (AvgIpc) is 3.12. The number of anilines is 2. The van der Waals surface area contributed by atoms with Crippen LogP contribution in [0.25, 0.3) is 10.9 Å². The highest BCUT2D eigenvalue weighted by Gasteiger charge is 2.32. The first kappa shape index (κ1) is 14.6. The molecule has 1 aromatic heterocycles. The van der Waals surface area contributed by atoms with Gasteiger partial charge in [-0.05, 0) is 37.1 Å². The van der Waals surface area contributed by atoms with Gasteiger partial charge in [0.25, 0.3) is 0 Å². The second-order valence-corrected chi connectivity index (χ2v) is 5.92. The number of carbonyl (C=O) groups is 1. The minimum atomic E-state index is -0.205. The standard InChI is InChI=1S/C19H18N4O/c24-19(22-14-7-2-1-3-8-14)17-11-6-12-23(17)18-15-9-4-5-10-16(15)20-13-21-18/h1-5,7-10,13,17H,6,11-12H2,(H,22,24)/t17-/m1/s1. The Morgan fingerprint density at radius 3 is 2.71 bits per heavy atom. The molecule has 5 heteroatoms. The quantitative estimate of drug-likeness (QED) is 0.805. The van der Waals surface area contributed by atoms with Gasteiger partial charge in [-0.1, -0.05) is 30.3 Å². The zero-order chi connectivity index (χ0) is 16.4. The smallest absolute Gasteiger partial charge is 0.247 e. The summed E-state index contributed by atoms with van der Waals surface area (Å²) in [4.78, 5) is 23.6. The van der Waals surface area contributed by atoms with Crippen LogP contribution in [0.3, 0.4) is 0 Å². The third kappa shape index (κ3) is 2.69. The van der Waals surface area contributed by atoms with Gasteiger partial charge < -0.3 is 10.2 Å². The first-order valence-corrected chi connectivity index (χ1v) is 8.15. The molecule has 1 atom stereocenters. The lowest BCUT2D eigenvalue weighted by atomic mass is 10.1. The lowest BCUT2D eigenvalue weighted by Crippen LogP contribution is -2.40. The topological polar surface area (TPSA) is 58.1 Å². The van der Waals surface area contributed by atoms with Crippen LogP contribution in [0.1, 0.15) is 12.8 Å². The number of para-hydroxylation sites is 2. The van der Waals surface area contributed by atoms with Crippen molar-refractivity contribution in [3.8, 4) is 0 Å². The highest BCUT2D eigenvalue weighted by atomic mass is 16.2. The summed E-state index contributed by atoms with van der Waals surface area (Å²) < 4.78 is 0. The van der Waals surface area contributed by atoms with Crippen LogP contribution < -0.4 is 10.2 Å². The molecule has 5 nitrogen and oxygen atoms in total. The molecule has 1 N–H and O–H groups in total. The molecule has 0 unspecified atom stereocenters. The van der Waals surface area contributed by atoms with Gasteiger partial charge in [0.05, 0.1) is 5.52 Å². The Balaban J connectivity index is 1.64. The van der Waals surface area contributed by atoms with Crippen LogP contribution in [0.2, 0.25) is 0 Å². The van der Waals surface area contributed by atoms with Crippen molar-refractivity contribution in [2.24, 2.45) is 0 Å². The molecule has 2 heterocycles. The monoisotopic (exact) mass is 318 g/mol. The number of nitrogens with one attached hydrogen (secondary N) is 1. The van der Waals surface area contributed by atoms with Gasteiger partial charge in [-0.3, -0.25) is 4.79 Å². The van der Waals surface area contributed by atoms with Gasteiger partial charge in [-0.25, -0.2) is 9.97 Å². The number of rotatable bonds is 3. The number of amides is 1. The Morgan fingerprint density at radius 1 is 1.04 bits per heavy atom. The van der Waals surface area contributed by atoms with Crippen molar-refractivity contribution in [2.75, 3.05) is 16.8 Å². The molecule has 0 saturated carbocycles. The van der Waals surface area contributed by atoms with Crippen LogP contribution in [0, 0.1) is 0 Å². The minimum absolute atomic E-state index is 0.0152. The van der Waals surface area contributed by atoms with E-state index < -0.39 is 0 Å². The second kappa shape index (κ2) is 6.28. The van der Waals surface area contributed by atoms with Gasteiger partial charge in [-0.15, -0.1) is 0 Å². The number of hydrogen-bond acceptors (Lipinski definition) is 4. The Kier molecular flexibility index (Phi) is 3.83. The molecule has 4 rings (SSSR count). The summed E-state index contributed by atoms with van der Waals surface area (Å²) in [5.41, 5.74) is 1.72. The van der Waals surface area contributed by atoms with Crippen molar-refractivity contribution in [1.82, 2.24) is 9.97 Å². The van der Waals surface area contributed by atoms with Crippen molar-refractivity contribution in [3.63, 3.8) is 0 Å². The van der Waals surface area contributed by atoms with E-state index in [4.69, 9.17) is 0 Å². The maximum atomic E-state index is 12.7. The fourth-order valence-electron chi connectivity index (χ4n) is 3.26. The van der Waals surface area contributed by atoms with E-state index in [1.807, 2.05) is 54.6 Å². The summed E-state index contributed by atoms with van der Waals surface area (Å²) in [6.07, 6.45) is 3.38. The molecule has 24 heavy (non-hydrogen) atoms. The van der Waals surface area contributed by atoms with Gasteiger partial charge in [0, 0.05) is 17.6 Å². The second-order valence-electron chi connectivity index (χ2n) is 5.92. The van der Waals surface area contributed by atoms with E-state index in [2.05, 4.69) is 20.2 Å². The highest BCUT2D eigenvalue weighted by molar-refractivity contribution is 5.99. The molecule has 2 aromatic carbocycles. The molecule has 1 aliphatic rings. The predicted octanol–water partition coefficient (Wildman–Crippen LogP) is 3.24. The van der Waals surface area contributed by atoms with Crippen molar-refractivity contribution >= 4 is 28.3 Å². The van der Waals surface area contributed by atoms with Crippen LogP contribution in [-0.4, -0.2) is 28.5 Å². The van der Waals surface area contributed by atoms with E-state index in [9.17, 15) is 4.79 Å². The first-order chi connectivity index (χ1) is 11.8. The zero-order valence-electron chi connectivity index (χ0n) is 13.2. The molecule has 0 spiro atoms. The summed E-state index contributed by atoms with van der Waals surface area (Å²) in [5, 5.41) is 3.99. The van der Waals surface area contributed by atoms with E-state index in [1.54, 1.807) is 6.33 Å². The molecule has 1 saturated heterocycles. The van der Waals surface area contributed by atoms with Crippen molar-refractivity contribution in [3.05, 3.63) is 60.9 Å². The molecule has 120 valence electrons. The fourth-order valence-corrected chi connectivity index (χ4v) is 3.26. The maximum Gasteiger partial charge on any atom is 0.247 e. The summed E-state index contributed by atoms with van der Waals surface area (Å²) in [6, 6.07) is 17.3. The van der Waals surface area contributed by atoms with E-state index in [-0.39, 0.29) is 11.9 Å². The van der Waals surface area contributed by atoms with Crippen LogP contribution in [0.4, 0.5) is 11.5 Å². The summed E-state index contributed by atoms with van der Waals surface area (Å²) in [6.45, 7) is 0.827. The number of benzene rings is 2. The Morgan fingerprint density at radius 2 is 1.83 bits per heavy atom. The van der Waals surface area contributed by atoms with Crippen molar-refractivity contribution in [1.29, 1.82) is 0 Å². The number of aromatic nitrogens is 2. The largest absolute Gasteiger partial charge is 0.344 e. The third-order valence-electron chi connectivity index (χ3n) is 4.39. The lowest BCUT2D eigenvalue weighted by Gasteiger charge is -2.25.